The third kappa shape index (κ3) is 3.45. The van der Waals surface area contributed by atoms with E-state index in [9.17, 15) is 4.79 Å². The molecule has 0 saturated carbocycles. The summed E-state index contributed by atoms with van der Waals surface area (Å²) in [7, 11) is 2.55. The molecule has 1 aromatic carbocycles. The molecule has 0 aromatic heterocycles. The summed E-state index contributed by atoms with van der Waals surface area (Å²) in [6, 6.07) is 7.47. The SMILES string of the molecule is COC(=O)[C@@H](OC)[C@@H](N=[N+]=[N-])c1ccc(C#N)cc1. The Kier molecular flexibility index (Phi) is 5.35. The van der Waals surface area contributed by atoms with Gasteiger partial charge in [-0.05, 0) is 23.2 Å². The first-order chi connectivity index (χ1) is 9.17. The number of hydrogen-bond donors (Lipinski definition) is 0. The zero-order chi connectivity index (χ0) is 14.3. The van der Waals surface area contributed by atoms with Gasteiger partial charge in [0.15, 0.2) is 6.10 Å². The molecule has 0 aliphatic heterocycles. The van der Waals surface area contributed by atoms with Gasteiger partial charge in [-0.25, -0.2) is 4.79 Å². The van der Waals surface area contributed by atoms with Crippen LogP contribution in [-0.2, 0) is 14.3 Å². The topological polar surface area (TPSA) is 108 Å². The molecular weight excluding hydrogens is 248 g/mol. The van der Waals surface area contributed by atoms with Gasteiger partial charge in [0.05, 0.1) is 24.8 Å². The molecule has 7 heteroatoms. The second-order valence-corrected chi connectivity index (χ2v) is 3.56. The van der Waals surface area contributed by atoms with Crippen molar-refractivity contribution in [2.45, 2.75) is 12.1 Å². The molecule has 19 heavy (non-hydrogen) atoms. The van der Waals surface area contributed by atoms with Crippen LogP contribution in [0.25, 0.3) is 10.4 Å². The van der Waals surface area contributed by atoms with Gasteiger partial charge < -0.3 is 9.47 Å². The van der Waals surface area contributed by atoms with Gasteiger partial charge >= 0.3 is 5.97 Å². The second-order valence-electron chi connectivity index (χ2n) is 3.56. The number of hydrogen-bond acceptors (Lipinski definition) is 5. The maximum absolute atomic E-state index is 11.6. The summed E-state index contributed by atoms with van der Waals surface area (Å²) in [5.41, 5.74) is 9.63. The summed E-state index contributed by atoms with van der Waals surface area (Å²) in [6.45, 7) is 0. The van der Waals surface area contributed by atoms with Gasteiger partial charge in [0.2, 0.25) is 0 Å². The van der Waals surface area contributed by atoms with Gasteiger partial charge in [-0.1, -0.05) is 17.2 Å². The fraction of sp³-hybridized carbons (Fsp3) is 0.333. The number of azide groups is 1. The summed E-state index contributed by atoms with van der Waals surface area (Å²) in [6.07, 6.45) is -1.03. The quantitative estimate of drug-likeness (QED) is 0.349. The highest BCUT2D eigenvalue weighted by atomic mass is 16.6. The third-order valence-electron chi connectivity index (χ3n) is 2.53. The zero-order valence-electron chi connectivity index (χ0n) is 10.5. The molecule has 0 N–H and O–H groups in total. The highest BCUT2D eigenvalue weighted by molar-refractivity contribution is 5.75. The molecule has 0 unspecified atom stereocenters. The number of esters is 1. The molecule has 0 heterocycles. The van der Waals surface area contributed by atoms with E-state index in [1.165, 1.54) is 14.2 Å². The van der Waals surface area contributed by atoms with E-state index in [1.807, 2.05) is 6.07 Å². The molecule has 7 nitrogen and oxygen atoms in total. The molecule has 98 valence electrons. The van der Waals surface area contributed by atoms with Crippen LogP contribution in [-0.4, -0.2) is 26.3 Å². The summed E-state index contributed by atoms with van der Waals surface area (Å²) >= 11 is 0. The minimum atomic E-state index is -1.03. The third-order valence-corrected chi connectivity index (χ3v) is 2.53. The first kappa shape index (κ1) is 14.5. The predicted molar refractivity (Wildman–Crippen MR) is 65.9 cm³/mol. The van der Waals surface area contributed by atoms with Gasteiger partial charge in [-0.2, -0.15) is 5.26 Å². The van der Waals surface area contributed by atoms with Crippen molar-refractivity contribution in [2.24, 2.45) is 5.11 Å². The molecule has 2 atom stereocenters. The normalized spacial score (nSPS) is 12.7. The lowest BCUT2D eigenvalue weighted by Gasteiger charge is -2.20. The highest BCUT2D eigenvalue weighted by Crippen LogP contribution is 2.25. The molecule has 1 rings (SSSR count). The van der Waals surface area contributed by atoms with E-state index < -0.39 is 18.1 Å². The number of nitriles is 1. The van der Waals surface area contributed by atoms with Crippen LogP contribution in [0, 0.1) is 11.3 Å². The van der Waals surface area contributed by atoms with E-state index in [0.717, 1.165) is 0 Å². The van der Waals surface area contributed by atoms with Gasteiger partial charge in [0.25, 0.3) is 0 Å². The summed E-state index contributed by atoms with van der Waals surface area (Å²) < 4.78 is 9.62. The van der Waals surface area contributed by atoms with Gasteiger partial charge in [0.1, 0.15) is 0 Å². The van der Waals surface area contributed by atoms with Gasteiger partial charge in [0, 0.05) is 12.0 Å². The lowest BCUT2D eigenvalue weighted by Crippen LogP contribution is -2.30. The Labute approximate surface area is 110 Å². The average Bonchev–Trinajstić information content (AvgIpc) is 2.47. The Morgan fingerprint density at radius 1 is 1.42 bits per heavy atom. The smallest absolute Gasteiger partial charge is 0.335 e. The molecule has 1 aromatic rings. The number of methoxy groups -OCH3 is 2. The first-order valence-corrected chi connectivity index (χ1v) is 5.32. The number of ether oxygens (including phenoxy) is 2. The Balaban J connectivity index is 3.14. The number of nitrogens with zero attached hydrogens (tertiary/aromatic N) is 4. The van der Waals surface area contributed by atoms with Crippen LogP contribution >= 0.6 is 0 Å². The van der Waals surface area contributed by atoms with E-state index in [2.05, 4.69) is 14.8 Å². The van der Waals surface area contributed by atoms with E-state index >= 15 is 0 Å². The van der Waals surface area contributed by atoms with Crippen LogP contribution in [0.4, 0.5) is 0 Å². The number of rotatable bonds is 5. The zero-order valence-corrected chi connectivity index (χ0v) is 10.5. The Morgan fingerprint density at radius 3 is 2.47 bits per heavy atom. The molecule has 0 amide bonds. The molecule has 0 spiro atoms. The predicted octanol–water partition coefficient (Wildman–Crippen LogP) is 2.10. The van der Waals surface area contributed by atoms with Crippen molar-refractivity contribution in [3.8, 4) is 6.07 Å². The Bertz CT molecular complexity index is 529. The number of carbonyl (C=O) groups excluding carboxylic acids is 1. The monoisotopic (exact) mass is 260 g/mol. The largest absolute Gasteiger partial charge is 0.467 e. The minimum absolute atomic E-state index is 0.468. The lowest BCUT2D eigenvalue weighted by atomic mass is 10.0. The van der Waals surface area contributed by atoms with Crippen LogP contribution in [0.1, 0.15) is 17.2 Å². The molecule has 0 aliphatic carbocycles. The van der Waals surface area contributed by atoms with E-state index in [1.54, 1.807) is 24.3 Å². The maximum atomic E-state index is 11.6. The molecule has 0 aliphatic rings. The van der Waals surface area contributed by atoms with Crippen molar-refractivity contribution in [3.05, 3.63) is 45.8 Å². The van der Waals surface area contributed by atoms with Crippen molar-refractivity contribution in [2.75, 3.05) is 14.2 Å². The van der Waals surface area contributed by atoms with Gasteiger partial charge in [-0.3, -0.25) is 0 Å². The lowest BCUT2D eigenvalue weighted by molar-refractivity contribution is -0.153. The van der Waals surface area contributed by atoms with Crippen molar-refractivity contribution in [1.82, 2.24) is 0 Å². The first-order valence-electron chi connectivity index (χ1n) is 5.32. The molecule has 0 bridgehead atoms. The Morgan fingerprint density at radius 2 is 2.05 bits per heavy atom. The fourth-order valence-electron chi connectivity index (χ4n) is 1.58. The molecule has 0 fully saturated rings. The number of benzene rings is 1. The van der Waals surface area contributed by atoms with Crippen molar-refractivity contribution >= 4 is 5.97 Å². The van der Waals surface area contributed by atoms with E-state index in [-0.39, 0.29) is 0 Å². The van der Waals surface area contributed by atoms with E-state index in [0.29, 0.717) is 11.1 Å². The van der Waals surface area contributed by atoms with Crippen LogP contribution in [0.3, 0.4) is 0 Å². The van der Waals surface area contributed by atoms with Crippen molar-refractivity contribution in [1.29, 1.82) is 5.26 Å². The van der Waals surface area contributed by atoms with Crippen LogP contribution in [0.15, 0.2) is 29.4 Å². The number of carbonyl (C=O) groups is 1. The van der Waals surface area contributed by atoms with Crippen molar-refractivity contribution in [3.63, 3.8) is 0 Å². The standard InChI is InChI=1S/C12H12N4O3/c1-18-11(12(17)19-2)10(15-16-14)9-5-3-8(7-13)4-6-9/h3-6,10-11H,1-2H3/t10-,11-/m0/s1. The molecule has 0 saturated heterocycles. The second kappa shape index (κ2) is 7.01. The summed E-state index contributed by atoms with van der Waals surface area (Å²) in [4.78, 5) is 14.3. The Hall–Kier alpha value is -2.55. The maximum Gasteiger partial charge on any atom is 0.335 e. The van der Waals surface area contributed by atoms with Crippen LogP contribution in [0.2, 0.25) is 0 Å². The summed E-state index contributed by atoms with van der Waals surface area (Å²) in [5.74, 6) is -0.635. The summed E-state index contributed by atoms with van der Waals surface area (Å²) in [5, 5.41) is 12.3. The van der Waals surface area contributed by atoms with Gasteiger partial charge in [-0.15, -0.1) is 0 Å². The minimum Gasteiger partial charge on any atom is -0.467 e. The van der Waals surface area contributed by atoms with E-state index in [4.69, 9.17) is 15.5 Å². The molecule has 0 radical (unpaired) electrons. The van der Waals surface area contributed by atoms with Crippen LogP contribution < -0.4 is 0 Å². The van der Waals surface area contributed by atoms with Crippen LogP contribution in [0.5, 0.6) is 0 Å². The molecular formula is C12H12N4O3. The highest BCUT2D eigenvalue weighted by Gasteiger charge is 2.29. The average molecular weight is 260 g/mol. The van der Waals surface area contributed by atoms with Crippen molar-refractivity contribution < 1.29 is 14.3 Å². The fourth-order valence-corrected chi connectivity index (χ4v) is 1.58.